The summed E-state index contributed by atoms with van der Waals surface area (Å²) < 4.78 is 0. The molecule has 4 fully saturated rings. The Hall–Kier alpha value is -0.960. The summed E-state index contributed by atoms with van der Waals surface area (Å²) in [6.45, 7) is 2.33. The number of nitrogens with two attached hydrogens (primary N) is 1. The van der Waals surface area contributed by atoms with Gasteiger partial charge in [-0.25, -0.2) is 4.98 Å². The van der Waals surface area contributed by atoms with E-state index in [1.54, 1.807) is 6.07 Å². The Morgan fingerprint density at radius 3 is 2.29 bits per heavy atom. The highest BCUT2D eigenvalue weighted by atomic mass is 35.5. The summed E-state index contributed by atoms with van der Waals surface area (Å²) in [7, 11) is 0. The summed E-state index contributed by atoms with van der Waals surface area (Å²) >= 11 is 6.02. The number of nitrogen functional groups attached to an aromatic ring is 1. The molecule has 1 unspecified atom stereocenters. The Balaban J connectivity index is 1.55. The van der Waals surface area contributed by atoms with Gasteiger partial charge in [-0.05, 0) is 74.7 Å². The second-order valence-corrected chi connectivity index (χ2v) is 8.14. The minimum absolute atomic E-state index is 0.441. The van der Waals surface area contributed by atoms with Crippen molar-refractivity contribution in [1.82, 2.24) is 4.98 Å². The zero-order chi connectivity index (χ0) is 14.6. The van der Waals surface area contributed by atoms with Crippen molar-refractivity contribution >= 4 is 23.1 Å². The number of hydrogen-bond donors (Lipinski definition) is 2. The van der Waals surface area contributed by atoms with Crippen LogP contribution in [0, 0.1) is 23.2 Å². The molecule has 0 aliphatic heterocycles. The van der Waals surface area contributed by atoms with E-state index in [0.717, 1.165) is 23.6 Å². The van der Waals surface area contributed by atoms with Gasteiger partial charge in [-0.1, -0.05) is 11.6 Å². The van der Waals surface area contributed by atoms with Crippen molar-refractivity contribution in [2.24, 2.45) is 23.2 Å². The lowest BCUT2D eigenvalue weighted by molar-refractivity contribution is -0.0603. The lowest BCUT2D eigenvalue weighted by atomic mass is 9.48. The number of aromatic nitrogens is 1. The van der Waals surface area contributed by atoms with Gasteiger partial charge in [0.2, 0.25) is 0 Å². The molecule has 0 saturated heterocycles. The minimum Gasteiger partial charge on any atom is -0.399 e. The predicted molar refractivity (Wildman–Crippen MR) is 87.3 cm³/mol. The van der Waals surface area contributed by atoms with Crippen molar-refractivity contribution in [1.29, 1.82) is 0 Å². The molecule has 21 heavy (non-hydrogen) atoms. The smallest absolute Gasteiger partial charge is 0.133 e. The highest BCUT2D eigenvalue weighted by molar-refractivity contribution is 6.29. The van der Waals surface area contributed by atoms with Crippen molar-refractivity contribution in [2.45, 2.75) is 51.5 Å². The zero-order valence-electron chi connectivity index (χ0n) is 12.6. The number of nitrogens with one attached hydrogen (secondary N) is 1. The first-order valence-corrected chi connectivity index (χ1v) is 8.60. The Bertz CT molecular complexity index is 501. The van der Waals surface area contributed by atoms with Crippen molar-refractivity contribution < 1.29 is 0 Å². The van der Waals surface area contributed by atoms with E-state index in [4.69, 9.17) is 17.3 Å². The molecule has 3 nitrogen and oxygen atoms in total. The predicted octanol–water partition coefficient (Wildman–Crippen LogP) is 4.33. The third-order valence-corrected chi connectivity index (χ3v) is 6.38. The standard InChI is InChI=1S/C17H24ClN3/c1-10(20-16-6-14(19)5-15(18)21-16)17-7-11-2-12(8-17)4-13(3-11)9-17/h5-6,10-13H,2-4,7-9H2,1H3,(H3,19,20,21). The minimum atomic E-state index is 0.441. The average molecular weight is 306 g/mol. The topological polar surface area (TPSA) is 50.9 Å². The third kappa shape index (κ3) is 2.40. The summed E-state index contributed by atoms with van der Waals surface area (Å²) in [5.74, 6) is 3.73. The molecule has 1 atom stereocenters. The third-order valence-electron chi connectivity index (χ3n) is 6.18. The summed E-state index contributed by atoms with van der Waals surface area (Å²) in [6, 6.07) is 4.03. The van der Waals surface area contributed by atoms with Crippen LogP contribution < -0.4 is 11.1 Å². The Morgan fingerprint density at radius 1 is 1.19 bits per heavy atom. The van der Waals surface area contributed by atoms with Gasteiger partial charge in [0.1, 0.15) is 11.0 Å². The molecule has 0 amide bonds. The van der Waals surface area contributed by atoms with Crippen LogP contribution in [0.2, 0.25) is 5.15 Å². The molecule has 4 bridgehead atoms. The fraction of sp³-hybridized carbons (Fsp3) is 0.706. The normalized spacial score (nSPS) is 38.5. The molecular formula is C17H24ClN3. The van der Waals surface area contributed by atoms with E-state index in [0.29, 0.717) is 22.3 Å². The number of rotatable bonds is 3. The zero-order valence-corrected chi connectivity index (χ0v) is 13.4. The number of pyridine rings is 1. The Kier molecular flexibility index (Phi) is 3.11. The first kappa shape index (κ1) is 13.7. The highest BCUT2D eigenvalue weighted by Crippen LogP contribution is 2.61. The molecule has 0 radical (unpaired) electrons. The molecule has 0 aromatic carbocycles. The number of anilines is 2. The lowest BCUT2D eigenvalue weighted by Crippen LogP contribution is -2.53. The first-order valence-electron chi connectivity index (χ1n) is 8.22. The van der Waals surface area contributed by atoms with Gasteiger partial charge in [0.15, 0.2) is 0 Å². The van der Waals surface area contributed by atoms with Crippen LogP contribution in [0.4, 0.5) is 11.5 Å². The van der Waals surface area contributed by atoms with Crippen molar-refractivity contribution in [3.63, 3.8) is 0 Å². The Labute approximate surface area is 131 Å². The van der Waals surface area contributed by atoms with E-state index in [2.05, 4.69) is 17.2 Å². The second-order valence-electron chi connectivity index (χ2n) is 7.75. The van der Waals surface area contributed by atoms with Gasteiger partial charge in [-0.2, -0.15) is 0 Å². The number of nitrogens with zero attached hydrogens (tertiary/aromatic N) is 1. The highest BCUT2D eigenvalue weighted by Gasteiger charge is 2.53. The SMILES string of the molecule is CC(Nc1cc(N)cc(Cl)n1)C12CC3CC(CC(C3)C1)C2. The molecular weight excluding hydrogens is 282 g/mol. The summed E-state index contributed by atoms with van der Waals surface area (Å²) in [5.41, 5.74) is 7.02. The van der Waals surface area contributed by atoms with Gasteiger partial charge >= 0.3 is 0 Å². The molecule has 1 aromatic rings. The second kappa shape index (κ2) is 4.77. The van der Waals surface area contributed by atoms with Crippen LogP contribution in [0.3, 0.4) is 0 Å². The molecule has 114 valence electrons. The largest absolute Gasteiger partial charge is 0.399 e. The van der Waals surface area contributed by atoms with Crippen LogP contribution >= 0.6 is 11.6 Å². The quantitative estimate of drug-likeness (QED) is 0.817. The molecule has 3 N–H and O–H groups in total. The van der Waals surface area contributed by atoms with Crippen molar-refractivity contribution in [3.8, 4) is 0 Å². The number of hydrogen-bond acceptors (Lipinski definition) is 3. The van der Waals surface area contributed by atoms with Crippen molar-refractivity contribution in [2.75, 3.05) is 11.1 Å². The van der Waals surface area contributed by atoms with Crippen LogP contribution in [0.1, 0.15) is 45.4 Å². The van der Waals surface area contributed by atoms with Crippen molar-refractivity contribution in [3.05, 3.63) is 17.3 Å². The molecule has 1 heterocycles. The maximum atomic E-state index is 6.02. The summed E-state index contributed by atoms with van der Waals surface area (Å²) in [6.07, 6.45) is 8.62. The van der Waals surface area contributed by atoms with Gasteiger partial charge in [-0.3, -0.25) is 0 Å². The molecule has 4 aliphatic carbocycles. The molecule has 0 spiro atoms. The van der Waals surface area contributed by atoms with E-state index in [1.165, 1.54) is 38.5 Å². The van der Waals surface area contributed by atoms with Crippen LogP contribution in [0.15, 0.2) is 12.1 Å². The molecule has 4 saturated carbocycles. The first-order chi connectivity index (χ1) is 10.0. The molecule has 5 rings (SSSR count). The maximum Gasteiger partial charge on any atom is 0.133 e. The molecule has 4 heteroatoms. The monoisotopic (exact) mass is 305 g/mol. The molecule has 4 aliphatic rings. The van der Waals surface area contributed by atoms with Crippen LogP contribution in [-0.2, 0) is 0 Å². The van der Waals surface area contributed by atoms with E-state index in [9.17, 15) is 0 Å². The van der Waals surface area contributed by atoms with Crippen LogP contribution in [0.5, 0.6) is 0 Å². The lowest BCUT2D eigenvalue weighted by Gasteiger charge is -2.59. The molecule has 1 aromatic heterocycles. The van der Waals surface area contributed by atoms with Gasteiger partial charge in [0, 0.05) is 17.8 Å². The van der Waals surface area contributed by atoms with Crippen LogP contribution in [0.25, 0.3) is 0 Å². The summed E-state index contributed by atoms with van der Waals surface area (Å²) in [4.78, 5) is 4.38. The fourth-order valence-corrected chi connectivity index (χ4v) is 5.89. The Morgan fingerprint density at radius 2 is 1.76 bits per heavy atom. The van der Waals surface area contributed by atoms with E-state index in [-0.39, 0.29) is 0 Å². The summed E-state index contributed by atoms with van der Waals surface area (Å²) in [5, 5.41) is 4.07. The van der Waals surface area contributed by atoms with E-state index in [1.807, 2.05) is 6.07 Å². The van der Waals surface area contributed by atoms with Gasteiger partial charge < -0.3 is 11.1 Å². The number of halogens is 1. The maximum absolute atomic E-state index is 6.02. The fourth-order valence-electron chi connectivity index (χ4n) is 5.67. The average Bonchev–Trinajstić information content (AvgIpc) is 2.35. The van der Waals surface area contributed by atoms with Crippen LogP contribution in [-0.4, -0.2) is 11.0 Å². The van der Waals surface area contributed by atoms with Gasteiger partial charge in [0.05, 0.1) is 0 Å². The van der Waals surface area contributed by atoms with E-state index >= 15 is 0 Å². The van der Waals surface area contributed by atoms with Gasteiger partial charge in [0.25, 0.3) is 0 Å². The van der Waals surface area contributed by atoms with E-state index < -0.39 is 0 Å². The van der Waals surface area contributed by atoms with Gasteiger partial charge in [-0.15, -0.1) is 0 Å².